The first-order valence-corrected chi connectivity index (χ1v) is 8.60. The molecule has 4 heteroatoms. The van der Waals surface area contributed by atoms with E-state index in [0.717, 1.165) is 31.8 Å². The first kappa shape index (κ1) is 15.0. The molecule has 1 unspecified atom stereocenters. The molecule has 0 aromatic carbocycles. The van der Waals surface area contributed by atoms with Crippen LogP contribution in [0.4, 0.5) is 0 Å². The lowest BCUT2D eigenvalue weighted by Crippen LogP contribution is -2.35. The molecule has 1 saturated heterocycles. The van der Waals surface area contributed by atoms with Crippen LogP contribution in [0.15, 0.2) is 0 Å². The van der Waals surface area contributed by atoms with Crippen LogP contribution in [0.3, 0.4) is 0 Å². The van der Waals surface area contributed by atoms with E-state index in [1.54, 1.807) is 0 Å². The molecular weight excluding hydrogens is 260 g/mol. The van der Waals surface area contributed by atoms with Crippen LogP contribution in [0.1, 0.15) is 43.9 Å². The van der Waals surface area contributed by atoms with Crippen LogP contribution in [0.25, 0.3) is 0 Å². The molecule has 2 aliphatic heterocycles. The lowest BCUT2D eigenvalue weighted by Gasteiger charge is -2.31. The lowest BCUT2D eigenvalue weighted by molar-refractivity contribution is 0.192. The first-order chi connectivity index (χ1) is 10.1. The predicted octanol–water partition coefficient (Wildman–Crippen LogP) is 2.07. The minimum absolute atomic E-state index is 0.676. The van der Waals surface area contributed by atoms with Gasteiger partial charge in [0, 0.05) is 44.7 Å². The largest absolute Gasteiger partial charge is 0.331 e. The number of nitrogens with one attached hydrogen (secondary N) is 1. The number of piperidine rings is 1. The first-order valence-electron chi connectivity index (χ1n) is 8.60. The van der Waals surface area contributed by atoms with Crippen LogP contribution in [0, 0.1) is 11.8 Å². The highest BCUT2D eigenvalue weighted by Gasteiger charge is 2.24. The van der Waals surface area contributed by atoms with E-state index in [4.69, 9.17) is 4.98 Å². The van der Waals surface area contributed by atoms with Gasteiger partial charge in [-0.05, 0) is 38.3 Å². The number of rotatable bonds is 4. The topological polar surface area (TPSA) is 33.1 Å². The minimum atomic E-state index is 0.676. The Bertz CT molecular complexity index is 477. The van der Waals surface area contributed by atoms with Crippen molar-refractivity contribution in [3.63, 3.8) is 0 Å². The highest BCUT2D eigenvalue weighted by molar-refractivity contribution is 5.20. The summed E-state index contributed by atoms with van der Waals surface area (Å²) >= 11 is 0. The van der Waals surface area contributed by atoms with E-state index >= 15 is 0 Å². The van der Waals surface area contributed by atoms with Gasteiger partial charge in [0.25, 0.3) is 0 Å². The molecule has 0 spiro atoms. The van der Waals surface area contributed by atoms with Crippen molar-refractivity contribution in [2.45, 2.75) is 52.6 Å². The maximum absolute atomic E-state index is 4.96. The van der Waals surface area contributed by atoms with Crippen molar-refractivity contribution in [1.82, 2.24) is 19.8 Å². The summed E-state index contributed by atoms with van der Waals surface area (Å²) in [6, 6.07) is 0. The number of fused-ring (bicyclic) bond motifs is 1. The second kappa shape index (κ2) is 6.49. The third-order valence-corrected chi connectivity index (χ3v) is 4.82. The van der Waals surface area contributed by atoms with E-state index in [-0.39, 0.29) is 0 Å². The Morgan fingerprint density at radius 2 is 2.24 bits per heavy atom. The number of hydrogen-bond acceptors (Lipinski definition) is 3. The molecule has 4 nitrogen and oxygen atoms in total. The molecule has 0 aliphatic carbocycles. The summed E-state index contributed by atoms with van der Waals surface area (Å²) in [5, 5.41) is 3.46. The van der Waals surface area contributed by atoms with Gasteiger partial charge < -0.3 is 14.8 Å². The van der Waals surface area contributed by atoms with Crippen LogP contribution < -0.4 is 5.32 Å². The summed E-state index contributed by atoms with van der Waals surface area (Å²) < 4.78 is 2.58. The van der Waals surface area contributed by atoms with Gasteiger partial charge in [0.2, 0.25) is 0 Å². The van der Waals surface area contributed by atoms with Gasteiger partial charge in [0.05, 0.1) is 5.69 Å². The van der Waals surface area contributed by atoms with Crippen molar-refractivity contribution in [1.29, 1.82) is 0 Å². The van der Waals surface area contributed by atoms with Crippen molar-refractivity contribution >= 4 is 0 Å². The summed E-state index contributed by atoms with van der Waals surface area (Å²) in [5.41, 5.74) is 2.82. The Hall–Kier alpha value is -0.870. The van der Waals surface area contributed by atoms with Crippen LogP contribution in [-0.4, -0.2) is 41.1 Å². The molecule has 3 rings (SSSR count). The standard InChI is InChI=1S/C17H30N4/c1-13(2)9-17-19-15-10-18-7-6-16(15)21(17)12-14-5-4-8-20(3)11-14/h13-14,18H,4-12H2,1-3H3. The molecule has 21 heavy (non-hydrogen) atoms. The molecule has 1 atom stereocenters. The summed E-state index contributed by atoms with van der Waals surface area (Å²) in [6.07, 6.45) is 4.97. The average molecular weight is 290 g/mol. The normalized spacial score (nSPS) is 23.5. The van der Waals surface area contributed by atoms with Crippen molar-refractivity contribution in [2.75, 3.05) is 26.7 Å². The molecule has 0 saturated carbocycles. The minimum Gasteiger partial charge on any atom is -0.331 e. The number of hydrogen-bond donors (Lipinski definition) is 1. The summed E-state index contributed by atoms with van der Waals surface area (Å²) in [5.74, 6) is 2.80. The van der Waals surface area contributed by atoms with Gasteiger partial charge >= 0.3 is 0 Å². The number of aromatic nitrogens is 2. The van der Waals surface area contributed by atoms with E-state index in [9.17, 15) is 0 Å². The van der Waals surface area contributed by atoms with Gasteiger partial charge in [0.15, 0.2) is 0 Å². The van der Waals surface area contributed by atoms with Gasteiger partial charge in [-0.3, -0.25) is 0 Å². The highest BCUT2D eigenvalue weighted by atomic mass is 15.1. The lowest BCUT2D eigenvalue weighted by atomic mass is 9.98. The quantitative estimate of drug-likeness (QED) is 0.921. The molecule has 0 radical (unpaired) electrons. The molecule has 3 heterocycles. The molecule has 1 N–H and O–H groups in total. The second-order valence-electron chi connectivity index (χ2n) is 7.33. The van der Waals surface area contributed by atoms with Crippen molar-refractivity contribution in [3.05, 3.63) is 17.2 Å². The third-order valence-electron chi connectivity index (χ3n) is 4.82. The van der Waals surface area contributed by atoms with Gasteiger partial charge in [-0.2, -0.15) is 0 Å². The fraction of sp³-hybridized carbons (Fsp3) is 0.824. The van der Waals surface area contributed by atoms with Crippen LogP contribution >= 0.6 is 0 Å². The fourth-order valence-corrected chi connectivity index (χ4v) is 3.84. The van der Waals surface area contributed by atoms with Crippen molar-refractivity contribution in [2.24, 2.45) is 11.8 Å². The summed E-state index contributed by atoms with van der Waals surface area (Å²) in [7, 11) is 2.26. The molecule has 2 aliphatic rings. The van der Waals surface area contributed by atoms with Gasteiger partial charge in [-0.25, -0.2) is 4.98 Å². The molecule has 1 aromatic heterocycles. The van der Waals surface area contributed by atoms with E-state index in [1.807, 2.05) is 0 Å². The number of nitrogens with zero attached hydrogens (tertiary/aromatic N) is 3. The Labute approximate surface area is 128 Å². The van der Waals surface area contributed by atoms with Gasteiger partial charge in [0.1, 0.15) is 5.82 Å². The number of likely N-dealkylation sites (tertiary alicyclic amines) is 1. The maximum Gasteiger partial charge on any atom is 0.109 e. The van der Waals surface area contributed by atoms with Gasteiger partial charge in [-0.15, -0.1) is 0 Å². The third kappa shape index (κ3) is 3.49. The average Bonchev–Trinajstić information content (AvgIpc) is 2.76. The smallest absolute Gasteiger partial charge is 0.109 e. The van der Waals surface area contributed by atoms with Crippen LogP contribution in [0.5, 0.6) is 0 Å². The maximum atomic E-state index is 4.96. The zero-order valence-electron chi connectivity index (χ0n) is 13.9. The Balaban J connectivity index is 1.82. The van der Waals surface area contributed by atoms with E-state index in [0.29, 0.717) is 5.92 Å². The van der Waals surface area contributed by atoms with E-state index in [2.05, 4.69) is 35.7 Å². The van der Waals surface area contributed by atoms with Crippen LogP contribution in [-0.2, 0) is 25.9 Å². The van der Waals surface area contributed by atoms with E-state index < -0.39 is 0 Å². The Morgan fingerprint density at radius 1 is 1.38 bits per heavy atom. The Kier molecular flexibility index (Phi) is 4.65. The molecule has 0 amide bonds. The molecule has 0 bridgehead atoms. The SMILES string of the molecule is CC(C)Cc1nc2c(n1CC1CCCN(C)C1)CCNC2. The summed E-state index contributed by atoms with van der Waals surface area (Å²) in [4.78, 5) is 7.45. The van der Waals surface area contributed by atoms with Crippen LogP contribution in [0.2, 0.25) is 0 Å². The molecule has 118 valence electrons. The number of imidazole rings is 1. The van der Waals surface area contributed by atoms with Gasteiger partial charge in [-0.1, -0.05) is 13.8 Å². The molecular formula is C17H30N4. The molecule has 1 fully saturated rings. The van der Waals surface area contributed by atoms with Crippen molar-refractivity contribution in [3.8, 4) is 0 Å². The highest BCUT2D eigenvalue weighted by Crippen LogP contribution is 2.23. The molecule has 1 aromatic rings. The summed E-state index contributed by atoms with van der Waals surface area (Å²) in [6.45, 7) is 10.3. The van der Waals surface area contributed by atoms with Crippen molar-refractivity contribution < 1.29 is 0 Å². The predicted molar refractivity (Wildman–Crippen MR) is 86.4 cm³/mol. The zero-order valence-corrected chi connectivity index (χ0v) is 13.9. The fourth-order valence-electron chi connectivity index (χ4n) is 3.84. The van der Waals surface area contributed by atoms with E-state index in [1.165, 1.54) is 49.7 Å². The Morgan fingerprint density at radius 3 is 3.00 bits per heavy atom. The second-order valence-corrected chi connectivity index (χ2v) is 7.33. The monoisotopic (exact) mass is 290 g/mol. The zero-order chi connectivity index (χ0) is 14.8.